The lowest BCUT2D eigenvalue weighted by molar-refractivity contribution is 0.628. The van der Waals surface area contributed by atoms with E-state index < -0.39 is 0 Å². The normalized spacial score (nSPS) is 10.8. The highest BCUT2D eigenvalue weighted by atomic mass is 79.9. The van der Waals surface area contributed by atoms with Gasteiger partial charge < -0.3 is 5.73 Å². The van der Waals surface area contributed by atoms with E-state index in [2.05, 4.69) is 21.0 Å². The number of halogens is 2. The topological polar surface area (TPSA) is 43.8 Å². The molecule has 0 aliphatic rings. The van der Waals surface area contributed by atoms with Gasteiger partial charge in [-0.2, -0.15) is 5.10 Å². The van der Waals surface area contributed by atoms with Gasteiger partial charge in [0.05, 0.1) is 15.9 Å². The van der Waals surface area contributed by atoms with Gasteiger partial charge in [0.1, 0.15) is 5.82 Å². The third-order valence-electron chi connectivity index (χ3n) is 2.37. The van der Waals surface area contributed by atoms with Gasteiger partial charge in [0.25, 0.3) is 0 Å². The predicted molar refractivity (Wildman–Crippen MR) is 64.2 cm³/mol. The molecule has 3 nitrogen and oxygen atoms in total. The summed E-state index contributed by atoms with van der Waals surface area (Å²) in [5.74, 6) is -0.249. The Balaban J connectivity index is 2.55. The van der Waals surface area contributed by atoms with E-state index >= 15 is 0 Å². The van der Waals surface area contributed by atoms with E-state index in [9.17, 15) is 4.39 Å². The summed E-state index contributed by atoms with van der Waals surface area (Å²) in [6.45, 7) is 0.371. The van der Waals surface area contributed by atoms with Crippen LogP contribution in [0.4, 0.5) is 4.39 Å². The molecule has 2 N–H and O–H groups in total. The van der Waals surface area contributed by atoms with Crippen molar-refractivity contribution in [1.29, 1.82) is 0 Å². The molecule has 84 valence electrons. The highest BCUT2D eigenvalue weighted by molar-refractivity contribution is 9.10. The van der Waals surface area contributed by atoms with Gasteiger partial charge in [-0.1, -0.05) is 0 Å². The second-order valence-corrected chi connectivity index (χ2v) is 4.24. The Morgan fingerprint density at radius 1 is 1.38 bits per heavy atom. The molecular formula is C11H11BrFN3. The number of hydrogen-bond acceptors (Lipinski definition) is 2. The number of nitrogens with zero attached hydrogens (tertiary/aromatic N) is 2. The Morgan fingerprint density at radius 2 is 2.00 bits per heavy atom. The molecule has 0 aliphatic heterocycles. The summed E-state index contributed by atoms with van der Waals surface area (Å²) in [6.07, 6.45) is 0. The van der Waals surface area contributed by atoms with E-state index in [1.807, 2.05) is 7.05 Å². The third kappa shape index (κ3) is 1.88. The van der Waals surface area contributed by atoms with Gasteiger partial charge >= 0.3 is 0 Å². The lowest BCUT2D eigenvalue weighted by atomic mass is 10.1. The smallest absolute Gasteiger partial charge is 0.123 e. The Bertz CT molecular complexity index is 505. The van der Waals surface area contributed by atoms with Crippen LogP contribution in [0.5, 0.6) is 0 Å². The van der Waals surface area contributed by atoms with Gasteiger partial charge in [-0.05, 0) is 40.2 Å². The first-order chi connectivity index (χ1) is 7.63. The minimum absolute atomic E-state index is 0.249. The number of aryl methyl sites for hydroxylation is 1. The Labute approximate surface area is 101 Å². The average Bonchev–Trinajstić information content (AvgIpc) is 2.56. The van der Waals surface area contributed by atoms with Gasteiger partial charge in [0.2, 0.25) is 0 Å². The summed E-state index contributed by atoms with van der Waals surface area (Å²) < 4.78 is 15.4. The molecule has 1 aromatic heterocycles. The van der Waals surface area contributed by atoms with E-state index in [1.54, 1.807) is 16.8 Å². The van der Waals surface area contributed by atoms with Gasteiger partial charge in [0, 0.05) is 19.2 Å². The molecule has 0 unspecified atom stereocenters. The number of hydrogen-bond donors (Lipinski definition) is 1. The highest BCUT2D eigenvalue weighted by Crippen LogP contribution is 2.30. The van der Waals surface area contributed by atoms with Crippen LogP contribution < -0.4 is 5.73 Å². The molecular weight excluding hydrogens is 273 g/mol. The van der Waals surface area contributed by atoms with Crippen LogP contribution in [-0.4, -0.2) is 9.78 Å². The highest BCUT2D eigenvalue weighted by Gasteiger charge is 2.14. The van der Waals surface area contributed by atoms with Crippen LogP contribution >= 0.6 is 15.9 Å². The molecule has 1 heterocycles. The number of rotatable bonds is 2. The Kier molecular flexibility index (Phi) is 3.07. The van der Waals surface area contributed by atoms with Crippen LogP contribution in [0.15, 0.2) is 28.7 Å². The summed E-state index contributed by atoms with van der Waals surface area (Å²) in [5.41, 5.74) is 8.17. The second-order valence-electron chi connectivity index (χ2n) is 3.44. The quantitative estimate of drug-likeness (QED) is 0.920. The number of nitrogens with two attached hydrogens (primary N) is 1. The maximum atomic E-state index is 12.8. The van der Waals surface area contributed by atoms with Gasteiger partial charge in [0.15, 0.2) is 0 Å². The lowest BCUT2D eigenvalue weighted by Crippen LogP contribution is -1.99. The second kappa shape index (κ2) is 4.35. The molecule has 0 atom stereocenters. The number of aromatic nitrogens is 2. The van der Waals surface area contributed by atoms with Crippen molar-refractivity contribution in [2.45, 2.75) is 6.54 Å². The molecule has 0 fully saturated rings. The summed E-state index contributed by atoms with van der Waals surface area (Å²) in [4.78, 5) is 0. The van der Waals surface area contributed by atoms with Gasteiger partial charge in [-0.3, -0.25) is 4.68 Å². The first-order valence-corrected chi connectivity index (χ1v) is 5.60. The standard InChI is InChI=1S/C11H11BrFN3/c1-16-11(10(12)9(6-14)15-16)7-2-4-8(13)5-3-7/h2-5H,6,14H2,1H3. The van der Waals surface area contributed by atoms with E-state index in [1.165, 1.54) is 12.1 Å². The van der Waals surface area contributed by atoms with Crippen molar-refractivity contribution in [3.05, 3.63) is 40.2 Å². The van der Waals surface area contributed by atoms with Crippen LogP contribution in [0.25, 0.3) is 11.3 Å². The van der Waals surface area contributed by atoms with Crippen LogP contribution in [0, 0.1) is 5.82 Å². The van der Waals surface area contributed by atoms with E-state index in [-0.39, 0.29) is 5.82 Å². The van der Waals surface area contributed by atoms with E-state index in [4.69, 9.17) is 5.73 Å². The zero-order chi connectivity index (χ0) is 11.7. The Morgan fingerprint density at radius 3 is 2.50 bits per heavy atom. The first-order valence-electron chi connectivity index (χ1n) is 4.81. The van der Waals surface area contributed by atoms with Gasteiger partial charge in [-0.15, -0.1) is 0 Å². The molecule has 0 aliphatic carbocycles. The van der Waals surface area contributed by atoms with Crippen molar-refractivity contribution in [1.82, 2.24) is 9.78 Å². The van der Waals surface area contributed by atoms with Crippen molar-refractivity contribution < 1.29 is 4.39 Å². The van der Waals surface area contributed by atoms with Crippen LogP contribution in [0.1, 0.15) is 5.69 Å². The molecule has 0 radical (unpaired) electrons. The van der Waals surface area contributed by atoms with Crippen molar-refractivity contribution in [2.75, 3.05) is 0 Å². The average molecular weight is 284 g/mol. The zero-order valence-electron chi connectivity index (χ0n) is 8.74. The molecule has 2 aromatic rings. The van der Waals surface area contributed by atoms with Crippen LogP contribution in [-0.2, 0) is 13.6 Å². The van der Waals surface area contributed by atoms with Crippen molar-refractivity contribution in [3.63, 3.8) is 0 Å². The fraction of sp³-hybridized carbons (Fsp3) is 0.182. The maximum absolute atomic E-state index is 12.8. The van der Waals surface area contributed by atoms with Crippen molar-refractivity contribution >= 4 is 15.9 Å². The summed E-state index contributed by atoms with van der Waals surface area (Å²) in [6, 6.07) is 6.29. The molecule has 0 saturated carbocycles. The van der Waals surface area contributed by atoms with Crippen molar-refractivity contribution in [3.8, 4) is 11.3 Å². The summed E-state index contributed by atoms with van der Waals surface area (Å²) in [7, 11) is 1.84. The van der Waals surface area contributed by atoms with Gasteiger partial charge in [-0.25, -0.2) is 4.39 Å². The predicted octanol–water partition coefficient (Wildman–Crippen LogP) is 2.45. The molecule has 16 heavy (non-hydrogen) atoms. The fourth-order valence-electron chi connectivity index (χ4n) is 1.61. The summed E-state index contributed by atoms with van der Waals surface area (Å²) in [5, 5.41) is 4.28. The molecule has 5 heteroatoms. The van der Waals surface area contributed by atoms with Crippen LogP contribution in [0.2, 0.25) is 0 Å². The molecule has 0 bridgehead atoms. The molecule has 0 spiro atoms. The summed E-state index contributed by atoms with van der Waals surface area (Å²) >= 11 is 3.46. The Hall–Kier alpha value is -1.20. The minimum Gasteiger partial charge on any atom is -0.325 e. The van der Waals surface area contributed by atoms with Crippen LogP contribution in [0.3, 0.4) is 0 Å². The third-order valence-corrected chi connectivity index (χ3v) is 3.20. The molecule has 0 amide bonds. The zero-order valence-corrected chi connectivity index (χ0v) is 10.3. The maximum Gasteiger partial charge on any atom is 0.123 e. The van der Waals surface area contributed by atoms with Crippen molar-refractivity contribution in [2.24, 2.45) is 12.8 Å². The minimum atomic E-state index is -0.249. The molecule has 2 rings (SSSR count). The monoisotopic (exact) mass is 283 g/mol. The van der Waals surface area contributed by atoms with E-state index in [0.29, 0.717) is 6.54 Å². The SMILES string of the molecule is Cn1nc(CN)c(Br)c1-c1ccc(F)cc1. The molecule has 1 aromatic carbocycles. The lowest BCUT2D eigenvalue weighted by Gasteiger charge is -2.02. The molecule has 0 saturated heterocycles. The van der Waals surface area contributed by atoms with E-state index in [0.717, 1.165) is 21.4 Å². The largest absolute Gasteiger partial charge is 0.325 e. The fourth-order valence-corrected chi connectivity index (χ4v) is 2.33. The number of benzene rings is 1. The first kappa shape index (κ1) is 11.3.